The maximum Gasteiger partial charge on any atom is 0.226 e. The second kappa shape index (κ2) is 6.65. The summed E-state index contributed by atoms with van der Waals surface area (Å²) < 4.78 is 0. The highest BCUT2D eigenvalue weighted by atomic mass is 35.5. The number of amides is 1. The van der Waals surface area contributed by atoms with Gasteiger partial charge in [0.25, 0.3) is 0 Å². The number of hydrogen-bond donors (Lipinski definition) is 0. The van der Waals surface area contributed by atoms with Crippen LogP contribution in [0.25, 0.3) is 0 Å². The number of hydrogen-bond acceptors (Lipinski definition) is 3. The van der Waals surface area contributed by atoms with E-state index >= 15 is 0 Å². The molecule has 0 radical (unpaired) electrons. The van der Waals surface area contributed by atoms with Gasteiger partial charge in [-0.25, -0.2) is 0 Å². The third-order valence-corrected chi connectivity index (χ3v) is 6.71. The molecule has 2 aromatic rings. The van der Waals surface area contributed by atoms with Crippen molar-refractivity contribution in [3.05, 3.63) is 50.7 Å². The first-order valence-corrected chi connectivity index (χ1v) is 10.1. The Labute approximate surface area is 158 Å². The normalized spacial score (nSPS) is 23.0. The van der Waals surface area contributed by atoms with Crippen LogP contribution in [0.4, 0.5) is 5.69 Å². The Morgan fingerprint density at radius 3 is 2.56 bits per heavy atom. The van der Waals surface area contributed by atoms with Crippen molar-refractivity contribution in [2.45, 2.75) is 26.2 Å². The molecule has 2 unspecified atom stereocenters. The fraction of sp³-hybridized carbons (Fsp3) is 0.450. The molecule has 1 amide bonds. The van der Waals surface area contributed by atoms with Gasteiger partial charge in [-0.3, -0.25) is 4.79 Å². The molecule has 5 heteroatoms. The highest BCUT2D eigenvalue weighted by Gasteiger charge is 2.46. The van der Waals surface area contributed by atoms with E-state index in [1.807, 2.05) is 23.5 Å². The van der Waals surface area contributed by atoms with Crippen molar-refractivity contribution in [3.8, 4) is 0 Å². The predicted octanol–water partition coefficient (Wildman–Crippen LogP) is 4.47. The van der Waals surface area contributed by atoms with Crippen molar-refractivity contribution in [1.29, 1.82) is 0 Å². The summed E-state index contributed by atoms with van der Waals surface area (Å²) >= 11 is 7.99. The number of rotatable bonds is 3. The Bertz CT molecular complexity index is 795. The third-order valence-electron chi connectivity index (χ3n) is 5.34. The molecule has 132 valence electrons. The molecule has 0 spiro atoms. The van der Waals surface area contributed by atoms with Crippen molar-refractivity contribution in [1.82, 2.24) is 4.90 Å². The summed E-state index contributed by atoms with van der Waals surface area (Å²) in [5.41, 5.74) is 2.43. The van der Waals surface area contributed by atoms with E-state index < -0.39 is 0 Å². The smallest absolute Gasteiger partial charge is 0.226 e. The maximum atomic E-state index is 12.8. The van der Waals surface area contributed by atoms with E-state index in [1.165, 1.54) is 21.0 Å². The molecule has 1 aliphatic heterocycles. The average Bonchev–Trinajstić information content (AvgIpc) is 3.30. The zero-order valence-corrected chi connectivity index (χ0v) is 16.2. The zero-order chi connectivity index (χ0) is 17.6. The lowest BCUT2D eigenvalue weighted by Crippen LogP contribution is -2.49. The lowest BCUT2D eigenvalue weighted by atomic mass is 10.1. The first-order chi connectivity index (χ1) is 12.0. The van der Waals surface area contributed by atoms with Gasteiger partial charge in [-0.2, -0.15) is 0 Å². The fourth-order valence-electron chi connectivity index (χ4n) is 3.76. The van der Waals surface area contributed by atoms with Crippen LogP contribution in [-0.2, 0) is 4.79 Å². The van der Waals surface area contributed by atoms with E-state index in [9.17, 15) is 4.79 Å². The molecule has 1 saturated heterocycles. The van der Waals surface area contributed by atoms with Crippen molar-refractivity contribution in [2.75, 3.05) is 31.1 Å². The van der Waals surface area contributed by atoms with Crippen LogP contribution in [0.5, 0.6) is 0 Å². The Morgan fingerprint density at radius 2 is 1.88 bits per heavy atom. The summed E-state index contributed by atoms with van der Waals surface area (Å²) in [6.07, 6.45) is 1.02. The van der Waals surface area contributed by atoms with Crippen molar-refractivity contribution in [2.24, 2.45) is 5.92 Å². The molecule has 25 heavy (non-hydrogen) atoms. The summed E-state index contributed by atoms with van der Waals surface area (Å²) in [4.78, 5) is 19.9. The second-order valence-corrected chi connectivity index (χ2v) is 8.90. The fourth-order valence-corrected chi connectivity index (χ4v) is 4.98. The van der Waals surface area contributed by atoms with Gasteiger partial charge in [0, 0.05) is 58.5 Å². The minimum atomic E-state index is 0.206. The number of carbonyl (C=O) groups is 1. The number of piperazine rings is 1. The molecular formula is C20H23ClN2OS. The van der Waals surface area contributed by atoms with Crippen LogP contribution in [-0.4, -0.2) is 37.0 Å². The van der Waals surface area contributed by atoms with Crippen molar-refractivity contribution >= 4 is 34.5 Å². The number of benzene rings is 1. The number of thiophene rings is 1. The topological polar surface area (TPSA) is 23.6 Å². The minimum absolute atomic E-state index is 0.206. The maximum absolute atomic E-state index is 12.8. The predicted molar refractivity (Wildman–Crippen MR) is 105 cm³/mol. The zero-order valence-electron chi connectivity index (χ0n) is 14.7. The first kappa shape index (κ1) is 16.9. The Morgan fingerprint density at radius 1 is 1.12 bits per heavy atom. The quantitative estimate of drug-likeness (QED) is 0.791. The SMILES string of the molecule is Cc1ccc(C2CC2C(=O)N2CCN(c3cc(Cl)ccc3C)CC2)s1. The molecule has 2 aliphatic rings. The van der Waals surface area contributed by atoms with Gasteiger partial charge in [-0.1, -0.05) is 17.7 Å². The van der Waals surface area contributed by atoms with Crippen LogP contribution in [0.1, 0.15) is 27.7 Å². The average molecular weight is 375 g/mol. The monoisotopic (exact) mass is 374 g/mol. The van der Waals surface area contributed by atoms with E-state index in [-0.39, 0.29) is 5.92 Å². The standard InChI is InChI=1S/C20H23ClN2OS/c1-13-3-5-15(21)11-18(13)22-7-9-23(10-8-22)20(24)17-12-16(17)19-6-4-14(2)25-19/h3-6,11,16-17H,7-10,12H2,1-2H3. The van der Waals surface area contributed by atoms with Gasteiger partial charge in [0.15, 0.2) is 0 Å². The van der Waals surface area contributed by atoms with Gasteiger partial charge in [0.2, 0.25) is 5.91 Å². The molecule has 1 aliphatic carbocycles. The van der Waals surface area contributed by atoms with Gasteiger partial charge in [0.1, 0.15) is 0 Å². The summed E-state index contributed by atoms with van der Waals surface area (Å²) in [5.74, 6) is 1.01. The van der Waals surface area contributed by atoms with Crippen LogP contribution in [0, 0.1) is 19.8 Å². The molecule has 0 N–H and O–H groups in total. The van der Waals surface area contributed by atoms with Gasteiger partial charge < -0.3 is 9.80 Å². The lowest BCUT2D eigenvalue weighted by molar-refractivity contribution is -0.132. The van der Waals surface area contributed by atoms with Gasteiger partial charge in [0.05, 0.1) is 0 Å². The number of aryl methyl sites for hydroxylation is 2. The second-order valence-electron chi connectivity index (χ2n) is 7.14. The lowest BCUT2D eigenvalue weighted by Gasteiger charge is -2.37. The summed E-state index contributed by atoms with van der Waals surface area (Å²) in [6.45, 7) is 7.60. The van der Waals surface area contributed by atoms with Crippen molar-refractivity contribution in [3.63, 3.8) is 0 Å². The van der Waals surface area contributed by atoms with Gasteiger partial charge in [-0.05, 0) is 50.1 Å². The highest BCUT2D eigenvalue weighted by molar-refractivity contribution is 7.12. The molecule has 2 heterocycles. The minimum Gasteiger partial charge on any atom is -0.368 e. The van der Waals surface area contributed by atoms with E-state index in [0.717, 1.165) is 37.6 Å². The summed E-state index contributed by atoms with van der Waals surface area (Å²) in [5, 5.41) is 0.770. The molecule has 1 aromatic heterocycles. The molecule has 0 bridgehead atoms. The molecule has 4 rings (SSSR count). The van der Waals surface area contributed by atoms with Crippen LogP contribution >= 0.6 is 22.9 Å². The summed E-state index contributed by atoms with van der Waals surface area (Å²) in [7, 11) is 0. The van der Waals surface area contributed by atoms with Crippen molar-refractivity contribution < 1.29 is 4.79 Å². The molecule has 2 fully saturated rings. The van der Waals surface area contributed by atoms with E-state index in [0.29, 0.717) is 11.8 Å². The van der Waals surface area contributed by atoms with Gasteiger partial charge >= 0.3 is 0 Å². The number of nitrogens with zero attached hydrogens (tertiary/aromatic N) is 2. The Hall–Kier alpha value is -1.52. The Kier molecular flexibility index (Phi) is 4.50. The van der Waals surface area contributed by atoms with E-state index in [4.69, 9.17) is 11.6 Å². The van der Waals surface area contributed by atoms with Crippen LogP contribution in [0.2, 0.25) is 5.02 Å². The largest absolute Gasteiger partial charge is 0.368 e. The molecule has 2 atom stereocenters. The molecular weight excluding hydrogens is 352 g/mol. The number of carbonyl (C=O) groups excluding carboxylic acids is 1. The van der Waals surface area contributed by atoms with Crippen LogP contribution in [0.3, 0.4) is 0 Å². The highest BCUT2D eigenvalue weighted by Crippen LogP contribution is 2.50. The molecule has 1 aromatic carbocycles. The summed E-state index contributed by atoms with van der Waals surface area (Å²) in [6, 6.07) is 10.4. The number of halogens is 1. The molecule has 1 saturated carbocycles. The first-order valence-electron chi connectivity index (χ1n) is 8.89. The molecule has 3 nitrogen and oxygen atoms in total. The van der Waals surface area contributed by atoms with Crippen LogP contribution in [0.15, 0.2) is 30.3 Å². The number of anilines is 1. The third kappa shape index (κ3) is 3.42. The van der Waals surface area contributed by atoms with E-state index in [1.54, 1.807) is 0 Å². The Balaban J connectivity index is 1.36. The van der Waals surface area contributed by atoms with E-state index in [2.05, 4.69) is 41.8 Å². The van der Waals surface area contributed by atoms with Gasteiger partial charge in [-0.15, -0.1) is 11.3 Å². The van der Waals surface area contributed by atoms with Crippen LogP contribution < -0.4 is 4.90 Å².